The zero-order chi connectivity index (χ0) is 21.7. The number of epoxide rings is 1. The van der Waals surface area contributed by atoms with Crippen molar-refractivity contribution in [2.75, 3.05) is 6.61 Å². The lowest BCUT2D eigenvalue weighted by atomic mass is 9.80. The fourth-order valence-corrected chi connectivity index (χ4v) is 4.63. The first kappa shape index (κ1) is 21.1. The van der Waals surface area contributed by atoms with Crippen LogP contribution < -0.4 is 5.32 Å². The molecule has 0 radical (unpaired) electrons. The molecule has 1 N–H and O–H groups in total. The van der Waals surface area contributed by atoms with E-state index in [4.69, 9.17) is 14.3 Å². The standard InChI is InChI=1S/C21H29F3N2O3/c1-16(2,3)26-15(13-8-10-14(11-9-13)20(22,23)24)19(18(6,7)28-19)21(29-26)25-17(4,5)12-27-21/h8-11,15,25H,12H2,1-7H3/t15-,19+,21+/m1/s1. The molecule has 0 unspecified atom stereocenters. The quantitative estimate of drug-likeness (QED) is 0.691. The van der Waals surface area contributed by atoms with Gasteiger partial charge in [0.1, 0.15) is 5.60 Å². The van der Waals surface area contributed by atoms with E-state index in [-0.39, 0.29) is 5.54 Å². The SMILES string of the molecule is CC1(C)CO[C@]2(N1)ON(C(C)(C)C)[C@H](c1ccc(C(F)(F)F)cc1)[C@@]21OC1(C)C. The molecule has 0 bridgehead atoms. The molecule has 29 heavy (non-hydrogen) atoms. The van der Waals surface area contributed by atoms with E-state index in [1.807, 2.05) is 48.5 Å². The third kappa shape index (κ3) is 2.95. The van der Waals surface area contributed by atoms with Gasteiger partial charge < -0.3 is 9.47 Å². The van der Waals surface area contributed by atoms with E-state index in [0.717, 1.165) is 12.1 Å². The molecule has 4 rings (SSSR count). The van der Waals surface area contributed by atoms with Crippen LogP contribution in [0.5, 0.6) is 0 Å². The van der Waals surface area contributed by atoms with Gasteiger partial charge in [-0.25, -0.2) is 4.84 Å². The van der Waals surface area contributed by atoms with Gasteiger partial charge >= 0.3 is 6.18 Å². The Balaban J connectivity index is 1.84. The van der Waals surface area contributed by atoms with Crippen molar-refractivity contribution in [2.45, 2.75) is 88.9 Å². The molecular formula is C21H29F3N2O3. The minimum Gasteiger partial charge on any atom is -0.353 e. The van der Waals surface area contributed by atoms with Gasteiger partial charge in [-0.05, 0) is 66.2 Å². The summed E-state index contributed by atoms with van der Waals surface area (Å²) in [6.07, 6.45) is -4.39. The van der Waals surface area contributed by atoms with Crippen LogP contribution in [0.3, 0.4) is 0 Å². The van der Waals surface area contributed by atoms with E-state index < -0.39 is 40.4 Å². The lowest BCUT2D eigenvalue weighted by Crippen LogP contribution is -2.59. The number of hydroxylamine groups is 2. The van der Waals surface area contributed by atoms with Gasteiger partial charge in [-0.1, -0.05) is 12.1 Å². The van der Waals surface area contributed by atoms with Gasteiger partial charge in [0, 0.05) is 11.1 Å². The number of ether oxygens (including phenoxy) is 2. The Morgan fingerprint density at radius 2 is 1.59 bits per heavy atom. The van der Waals surface area contributed by atoms with Crippen LogP contribution in [0.15, 0.2) is 24.3 Å². The maximum Gasteiger partial charge on any atom is 0.416 e. The second-order valence-electron chi connectivity index (χ2n) is 10.4. The van der Waals surface area contributed by atoms with E-state index in [2.05, 4.69) is 5.32 Å². The minimum absolute atomic E-state index is 0.340. The summed E-state index contributed by atoms with van der Waals surface area (Å²) in [6.45, 7) is 14.3. The van der Waals surface area contributed by atoms with Crippen LogP contribution in [0.2, 0.25) is 0 Å². The molecule has 0 aromatic heterocycles. The van der Waals surface area contributed by atoms with Gasteiger partial charge in [0.05, 0.1) is 18.2 Å². The Bertz CT molecular complexity index is 816. The normalized spacial score (nSPS) is 36.3. The number of halogens is 3. The van der Waals surface area contributed by atoms with E-state index in [1.165, 1.54) is 12.1 Å². The minimum atomic E-state index is -4.39. The van der Waals surface area contributed by atoms with Crippen LogP contribution in [0.25, 0.3) is 0 Å². The Morgan fingerprint density at radius 1 is 1.03 bits per heavy atom. The van der Waals surface area contributed by atoms with Crippen LogP contribution >= 0.6 is 0 Å². The molecule has 0 saturated carbocycles. The van der Waals surface area contributed by atoms with Crippen molar-refractivity contribution in [3.05, 3.63) is 35.4 Å². The third-order valence-corrected chi connectivity index (χ3v) is 5.96. The van der Waals surface area contributed by atoms with Gasteiger partial charge in [0.2, 0.25) is 0 Å². The molecule has 1 aromatic rings. The number of alkyl halides is 3. The number of fused-ring (bicyclic) bond motifs is 1. The Morgan fingerprint density at radius 3 is 1.97 bits per heavy atom. The van der Waals surface area contributed by atoms with Crippen LogP contribution in [-0.2, 0) is 20.5 Å². The average Bonchev–Trinajstić information content (AvgIpc) is 2.85. The summed E-state index contributed by atoms with van der Waals surface area (Å²) in [5, 5.41) is 5.26. The molecule has 2 spiro atoms. The number of benzene rings is 1. The predicted molar refractivity (Wildman–Crippen MR) is 101 cm³/mol. The van der Waals surface area contributed by atoms with Crippen molar-refractivity contribution in [1.82, 2.24) is 10.4 Å². The van der Waals surface area contributed by atoms with Gasteiger partial charge in [0.25, 0.3) is 5.91 Å². The Kier molecular flexibility index (Phi) is 4.16. The summed E-state index contributed by atoms with van der Waals surface area (Å²) in [6, 6.07) is 4.78. The van der Waals surface area contributed by atoms with Gasteiger partial charge in [-0.2, -0.15) is 18.2 Å². The number of hydrogen-bond acceptors (Lipinski definition) is 5. The zero-order valence-corrected chi connectivity index (χ0v) is 17.9. The number of nitrogens with one attached hydrogen (secondary N) is 1. The molecule has 0 aliphatic carbocycles. The Labute approximate surface area is 169 Å². The lowest BCUT2D eigenvalue weighted by Gasteiger charge is -2.35. The number of rotatable bonds is 1. The molecule has 3 fully saturated rings. The molecule has 3 aliphatic rings. The summed E-state index contributed by atoms with van der Waals surface area (Å²) in [7, 11) is 0. The average molecular weight is 414 g/mol. The molecule has 1 aromatic carbocycles. The Hall–Kier alpha value is -1.19. The molecule has 5 nitrogen and oxygen atoms in total. The monoisotopic (exact) mass is 414 g/mol. The summed E-state index contributed by atoms with van der Waals surface area (Å²) in [5.74, 6) is -1.22. The fraction of sp³-hybridized carbons (Fsp3) is 0.714. The number of hydrogen-bond donors (Lipinski definition) is 1. The maximum atomic E-state index is 13.1. The summed E-state index contributed by atoms with van der Waals surface area (Å²) >= 11 is 0. The maximum absolute atomic E-state index is 13.1. The first-order chi connectivity index (χ1) is 13.0. The predicted octanol–water partition coefficient (Wildman–Crippen LogP) is 4.39. The molecule has 0 amide bonds. The van der Waals surface area contributed by atoms with Crippen LogP contribution in [-0.4, -0.2) is 39.9 Å². The molecule has 3 saturated heterocycles. The summed E-state index contributed by atoms with van der Waals surface area (Å²) in [4.78, 5) is 6.44. The summed E-state index contributed by atoms with van der Waals surface area (Å²) < 4.78 is 51.8. The topological polar surface area (TPSA) is 46.3 Å². The van der Waals surface area contributed by atoms with E-state index in [0.29, 0.717) is 12.2 Å². The molecule has 8 heteroatoms. The number of nitrogens with zero attached hydrogens (tertiary/aromatic N) is 1. The van der Waals surface area contributed by atoms with Crippen LogP contribution in [0, 0.1) is 0 Å². The van der Waals surface area contributed by atoms with Gasteiger partial charge in [-0.15, -0.1) is 0 Å². The molecule has 162 valence electrons. The third-order valence-electron chi connectivity index (χ3n) is 5.96. The first-order valence-corrected chi connectivity index (χ1v) is 9.84. The summed E-state index contributed by atoms with van der Waals surface area (Å²) in [5.41, 5.74) is -2.31. The molecule has 3 heterocycles. The highest BCUT2D eigenvalue weighted by molar-refractivity contribution is 5.37. The van der Waals surface area contributed by atoms with Crippen molar-refractivity contribution in [3.8, 4) is 0 Å². The second kappa shape index (κ2) is 5.73. The van der Waals surface area contributed by atoms with E-state index in [1.54, 1.807) is 5.06 Å². The molecule has 3 aliphatic heterocycles. The van der Waals surface area contributed by atoms with Gasteiger partial charge in [0.15, 0.2) is 5.60 Å². The first-order valence-electron chi connectivity index (χ1n) is 9.84. The van der Waals surface area contributed by atoms with Crippen molar-refractivity contribution < 1.29 is 27.5 Å². The van der Waals surface area contributed by atoms with Crippen molar-refractivity contribution in [2.24, 2.45) is 0 Å². The molecular weight excluding hydrogens is 385 g/mol. The van der Waals surface area contributed by atoms with E-state index in [9.17, 15) is 13.2 Å². The van der Waals surface area contributed by atoms with Crippen LogP contribution in [0.4, 0.5) is 13.2 Å². The lowest BCUT2D eigenvalue weighted by molar-refractivity contribution is -0.329. The van der Waals surface area contributed by atoms with Crippen molar-refractivity contribution in [3.63, 3.8) is 0 Å². The smallest absolute Gasteiger partial charge is 0.353 e. The molecule has 3 atom stereocenters. The second-order valence-corrected chi connectivity index (χ2v) is 10.4. The van der Waals surface area contributed by atoms with Crippen molar-refractivity contribution in [1.29, 1.82) is 0 Å². The highest BCUT2D eigenvalue weighted by Gasteiger charge is 2.87. The zero-order valence-electron chi connectivity index (χ0n) is 17.9. The largest absolute Gasteiger partial charge is 0.416 e. The highest BCUT2D eigenvalue weighted by atomic mass is 19.4. The van der Waals surface area contributed by atoms with Gasteiger partial charge in [-0.3, -0.25) is 5.32 Å². The highest BCUT2D eigenvalue weighted by Crippen LogP contribution is 2.69. The van der Waals surface area contributed by atoms with E-state index >= 15 is 0 Å². The van der Waals surface area contributed by atoms with Crippen molar-refractivity contribution >= 4 is 0 Å². The fourth-order valence-electron chi connectivity index (χ4n) is 4.63. The van der Waals surface area contributed by atoms with Crippen LogP contribution in [0.1, 0.15) is 65.6 Å².